The summed E-state index contributed by atoms with van der Waals surface area (Å²) in [6.07, 6.45) is 3.90. The van der Waals surface area contributed by atoms with E-state index in [4.69, 9.17) is 0 Å². The van der Waals surface area contributed by atoms with Crippen molar-refractivity contribution in [2.45, 2.75) is 6.10 Å². The summed E-state index contributed by atoms with van der Waals surface area (Å²) in [7, 11) is 1.78. The first-order chi connectivity index (χ1) is 6.79. The zero-order valence-corrected chi connectivity index (χ0v) is 7.70. The zero-order valence-electron chi connectivity index (χ0n) is 7.70. The summed E-state index contributed by atoms with van der Waals surface area (Å²) in [5.74, 6) is 0. The number of aliphatic hydroxyl groups excluding tert-OH is 1. The molecule has 1 atom stereocenters. The van der Waals surface area contributed by atoms with Gasteiger partial charge in [-0.2, -0.15) is 5.10 Å². The summed E-state index contributed by atoms with van der Waals surface area (Å²) in [5, 5.41) is 13.9. The molecule has 0 fully saturated rings. The molecule has 0 bridgehead atoms. The van der Waals surface area contributed by atoms with Crippen molar-refractivity contribution < 1.29 is 5.11 Å². The summed E-state index contributed by atoms with van der Waals surface area (Å²) in [5.41, 5.74) is 1.28. The van der Waals surface area contributed by atoms with E-state index >= 15 is 0 Å². The van der Waals surface area contributed by atoms with Gasteiger partial charge in [0.2, 0.25) is 0 Å². The van der Waals surface area contributed by atoms with Crippen LogP contribution < -0.4 is 0 Å². The van der Waals surface area contributed by atoms with Gasteiger partial charge in [-0.1, -0.05) is 0 Å². The maximum absolute atomic E-state index is 9.91. The van der Waals surface area contributed by atoms with E-state index in [1.807, 2.05) is 0 Å². The van der Waals surface area contributed by atoms with E-state index in [1.54, 1.807) is 36.3 Å². The molecule has 0 saturated carbocycles. The van der Waals surface area contributed by atoms with Crippen LogP contribution in [0.4, 0.5) is 0 Å². The predicted molar refractivity (Wildman–Crippen MR) is 49.3 cm³/mol. The standard InChI is InChI=1S/C9H10N4O/c1-13-8(3-5-12-13)9(14)7-2-4-10-6-11-7/h2-6,9,14H,1H3. The van der Waals surface area contributed by atoms with E-state index in [-0.39, 0.29) is 0 Å². The van der Waals surface area contributed by atoms with Gasteiger partial charge >= 0.3 is 0 Å². The van der Waals surface area contributed by atoms with Crippen molar-refractivity contribution in [3.05, 3.63) is 42.2 Å². The Kier molecular flexibility index (Phi) is 2.24. The number of aliphatic hydroxyl groups is 1. The van der Waals surface area contributed by atoms with E-state index < -0.39 is 6.10 Å². The van der Waals surface area contributed by atoms with Crippen LogP contribution in [0.3, 0.4) is 0 Å². The Labute approximate surface area is 81.1 Å². The van der Waals surface area contributed by atoms with Crippen molar-refractivity contribution >= 4 is 0 Å². The van der Waals surface area contributed by atoms with Crippen LogP contribution in [0.2, 0.25) is 0 Å². The van der Waals surface area contributed by atoms with Crippen molar-refractivity contribution in [2.75, 3.05) is 0 Å². The van der Waals surface area contributed by atoms with E-state index in [0.29, 0.717) is 11.4 Å². The highest BCUT2D eigenvalue weighted by atomic mass is 16.3. The summed E-state index contributed by atoms with van der Waals surface area (Å²) < 4.78 is 1.62. The SMILES string of the molecule is Cn1nccc1C(O)c1ccncn1. The molecule has 5 nitrogen and oxygen atoms in total. The maximum Gasteiger partial charge on any atom is 0.138 e. The van der Waals surface area contributed by atoms with Crippen molar-refractivity contribution in [1.82, 2.24) is 19.7 Å². The third-order valence-corrected chi connectivity index (χ3v) is 2.02. The molecule has 2 heterocycles. The Balaban J connectivity index is 2.34. The minimum absolute atomic E-state index is 0.573. The molecule has 2 aromatic heterocycles. The van der Waals surface area contributed by atoms with Gasteiger partial charge in [0.1, 0.15) is 12.4 Å². The van der Waals surface area contributed by atoms with Gasteiger partial charge in [0.15, 0.2) is 0 Å². The summed E-state index contributed by atoms with van der Waals surface area (Å²) in [6, 6.07) is 3.43. The van der Waals surface area contributed by atoms with Gasteiger partial charge < -0.3 is 5.11 Å². The highest BCUT2D eigenvalue weighted by molar-refractivity contribution is 5.16. The number of hydrogen-bond donors (Lipinski definition) is 1. The minimum atomic E-state index is -0.745. The van der Waals surface area contributed by atoms with Crippen LogP contribution in [0, 0.1) is 0 Å². The molecule has 5 heteroatoms. The summed E-state index contributed by atoms with van der Waals surface area (Å²) >= 11 is 0. The fourth-order valence-corrected chi connectivity index (χ4v) is 1.27. The van der Waals surface area contributed by atoms with Crippen LogP contribution in [0.1, 0.15) is 17.5 Å². The van der Waals surface area contributed by atoms with Crippen LogP contribution in [0.15, 0.2) is 30.9 Å². The zero-order chi connectivity index (χ0) is 9.97. The van der Waals surface area contributed by atoms with Crippen LogP contribution in [-0.4, -0.2) is 24.9 Å². The number of nitrogens with zero attached hydrogens (tertiary/aromatic N) is 4. The molecule has 14 heavy (non-hydrogen) atoms. The van der Waals surface area contributed by atoms with Crippen molar-refractivity contribution in [3.63, 3.8) is 0 Å². The molecule has 0 radical (unpaired) electrons. The second kappa shape index (κ2) is 3.55. The lowest BCUT2D eigenvalue weighted by Crippen LogP contribution is -2.08. The van der Waals surface area contributed by atoms with E-state index in [1.165, 1.54) is 6.33 Å². The monoisotopic (exact) mass is 190 g/mol. The Hall–Kier alpha value is -1.75. The third kappa shape index (κ3) is 1.49. The van der Waals surface area contributed by atoms with Crippen LogP contribution in [-0.2, 0) is 7.05 Å². The molecule has 1 unspecified atom stereocenters. The molecule has 0 saturated heterocycles. The fourth-order valence-electron chi connectivity index (χ4n) is 1.27. The molecule has 2 rings (SSSR count). The Morgan fingerprint density at radius 1 is 1.36 bits per heavy atom. The Morgan fingerprint density at radius 2 is 2.21 bits per heavy atom. The molecule has 0 aliphatic carbocycles. The van der Waals surface area contributed by atoms with E-state index in [0.717, 1.165) is 0 Å². The molecule has 0 aliphatic heterocycles. The average Bonchev–Trinajstić information content (AvgIpc) is 2.65. The number of hydrogen-bond acceptors (Lipinski definition) is 4. The molecule has 0 aromatic carbocycles. The lowest BCUT2D eigenvalue weighted by molar-refractivity contribution is 0.204. The smallest absolute Gasteiger partial charge is 0.138 e. The number of rotatable bonds is 2. The summed E-state index contributed by atoms with van der Waals surface area (Å²) in [6.45, 7) is 0. The highest BCUT2D eigenvalue weighted by Crippen LogP contribution is 2.17. The lowest BCUT2D eigenvalue weighted by Gasteiger charge is -2.09. The van der Waals surface area contributed by atoms with Crippen LogP contribution >= 0.6 is 0 Å². The van der Waals surface area contributed by atoms with Crippen LogP contribution in [0.5, 0.6) is 0 Å². The maximum atomic E-state index is 9.91. The predicted octanol–water partition coefficient (Wildman–Crippen LogP) is 0.292. The number of aromatic nitrogens is 4. The van der Waals surface area contributed by atoms with Crippen molar-refractivity contribution in [1.29, 1.82) is 0 Å². The fraction of sp³-hybridized carbons (Fsp3) is 0.222. The molecule has 72 valence electrons. The minimum Gasteiger partial charge on any atom is -0.380 e. The second-order valence-electron chi connectivity index (χ2n) is 2.92. The normalized spacial score (nSPS) is 12.7. The van der Waals surface area contributed by atoms with Crippen molar-refractivity contribution in [2.24, 2.45) is 7.05 Å². The van der Waals surface area contributed by atoms with E-state index in [9.17, 15) is 5.11 Å². The topological polar surface area (TPSA) is 63.8 Å². The third-order valence-electron chi connectivity index (χ3n) is 2.02. The first-order valence-corrected chi connectivity index (χ1v) is 4.21. The quantitative estimate of drug-likeness (QED) is 0.739. The molecule has 0 spiro atoms. The Bertz CT molecular complexity index is 412. The van der Waals surface area contributed by atoms with Gasteiger partial charge in [0, 0.05) is 19.4 Å². The van der Waals surface area contributed by atoms with Crippen molar-refractivity contribution in [3.8, 4) is 0 Å². The molecular formula is C9H10N4O. The van der Waals surface area contributed by atoms with Gasteiger partial charge in [-0.05, 0) is 12.1 Å². The molecular weight excluding hydrogens is 180 g/mol. The van der Waals surface area contributed by atoms with Gasteiger partial charge in [0.05, 0.1) is 11.4 Å². The highest BCUT2D eigenvalue weighted by Gasteiger charge is 2.14. The molecule has 0 amide bonds. The number of aryl methyl sites for hydroxylation is 1. The van der Waals surface area contributed by atoms with Gasteiger partial charge in [-0.25, -0.2) is 9.97 Å². The van der Waals surface area contributed by atoms with E-state index in [2.05, 4.69) is 15.1 Å². The molecule has 2 aromatic rings. The second-order valence-corrected chi connectivity index (χ2v) is 2.92. The van der Waals surface area contributed by atoms with Gasteiger partial charge in [0.25, 0.3) is 0 Å². The van der Waals surface area contributed by atoms with Gasteiger partial charge in [-0.3, -0.25) is 4.68 Å². The van der Waals surface area contributed by atoms with Crippen LogP contribution in [0.25, 0.3) is 0 Å². The lowest BCUT2D eigenvalue weighted by atomic mass is 10.2. The first kappa shape index (κ1) is 8.83. The summed E-state index contributed by atoms with van der Waals surface area (Å²) in [4.78, 5) is 7.76. The Morgan fingerprint density at radius 3 is 2.79 bits per heavy atom. The first-order valence-electron chi connectivity index (χ1n) is 4.21. The average molecular weight is 190 g/mol. The molecule has 1 N–H and O–H groups in total. The largest absolute Gasteiger partial charge is 0.380 e. The molecule has 0 aliphatic rings. The van der Waals surface area contributed by atoms with Gasteiger partial charge in [-0.15, -0.1) is 0 Å².